The van der Waals surface area contributed by atoms with Crippen LogP contribution in [0.4, 0.5) is 17.1 Å². The molecular weight excluding hydrogens is 446 g/mol. The van der Waals surface area contributed by atoms with Gasteiger partial charge in [-0.1, -0.05) is 18.2 Å². The summed E-state index contributed by atoms with van der Waals surface area (Å²) in [5, 5.41) is 11.0. The lowest BCUT2D eigenvalue weighted by Gasteiger charge is -2.40. The summed E-state index contributed by atoms with van der Waals surface area (Å²) in [5.41, 5.74) is 2.62. The number of hydrogen-bond donors (Lipinski definition) is 0. The maximum absolute atomic E-state index is 13.7. The zero-order chi connectivity index (χ0) is 25.1. The van der Waals surface area contributed by atoms with Crippen LogP contribution >= 0.6 is 0 Å². The predicted molar refractivity (Wildman–Crippen MR) is 134 cm³/mol. The van der Waals surface area contributed by atoms with Crippen LogP contribution in [0.5, 0.6) is 5.75 Å². The van der Waals surface area contributed by atoms with E-state index in [0.717, 1.165) is 5.56 Å². The molecule has 0 spiro atoms. The van der Waals surface area contributed by atoms with Crippen molar-refractivity contribution in [1.82, 2.24) is 0 Å². The number of likely N-dealkylation sites (N-methyl/N-ethyl adjacent to an activating group) is 1. The number of benzene rings is 3. The number of rotatable bonds is 6. The summed E-state index contributed by atoms with van der Waals surface area (Å²) in [4.78, 5) is 41.2. The first-order valence-corrected chi connectivity index (χ1v) is 11.5. The van der Waals surface area contributed by atoms with Gasteiger partial charge in [0.2, 0.25) is 5.91 Å². The number of hydrogen-bond acceptors (Lipinski definition) is 5. The highest BCUT2D eigenvalue weighted by atomic mass is 16.6. The normalized spacial score (nSPS) is 16.8. The second kappa shape index (κ2) is 9.97. The topological polar surface area (TPSA) is 93.0 Å². The van der Waals surface area contributed by atoms with Gasteiger partial charge in [-0.15, -0.1) is 0 Å². The fourth-order valence-corrected chi connectivity index (χ4v) is 4.64. The number of anilines is 2. The molecule has 3 aromatic carbocycles. The smallest absolute Gasteiger partial charge is 0.269 e. The number of carbonyl (C=O) groups excluding carboxylic acids is 2. The number of nitrogens with zero attached hydrogens (tertiary/aromatic N) is 3. The van der Waals surface area contributed by atoms with E-state index in [1.807, 2.05) is 38.1 Å². The van der Waals surface area contributed by atoms with Gasteiger partial charge in [-0.05, 0) is 68.3 Å². The molecule has 0 fully saturated rings. The molecule has 0 unspecified atom stereocenters. The molecule has 180 valence electrons. The highest BCUT2D eigenvalue weighted by Crippen LogP contribution is 2.41. The maximum Gasteiger partial charge on any atom is 0.269 e. The quantitative estimate of drug-likeness (QED) is 0.363. The molecular formula is C27H27N3O5. The lowest BCUT2D eigenvalue weighted by Crippen LogP contribution is -2.46. The zero-order valence-corrected chi connectivity index (χ0v) is 19.9. The Morgan fingerprint density at radius 3 is 2.31 bits per heavy atom. The van der Waals surface area contributed by atoms with E-state index in [0.29, 0.717) is 35.7 Å². The molecule has 0 saturated heterocycles. The first-order valence-electron chi connectivity index (χ1n) is 11.5. The molecule has 0 N–H and O–H groups in total. The van der Waals surface area contributed by atoms with Crippen molar-refractivity contribution >= 4 is 28.9 Å². The molecule has 1 aliphatic heterocycles. The Bertz CT molecular complexity index is 1240. The van der Waals surface area contributed by atoms with Gasteiger partial charge in [0.05, 0.1) is 18.0 Å². The Morgan fingerprint density at radius 1 is 1.06 bits per heavy atom. The number of methoxy groups -OCH3 is 1. The average Bonchev–Trinajstić information content (AvgIpc) is 2.88. The van der Waals surface area contributed by atoms with E-state index < -0.39 is 10.8 Å². The molecule has 8 heteroatoms. The van der Waals surface area contributed by atoms with Crippen LogP contribution in [0.3, 0.4) is 0 Å². The van der Waals surface area contributed by atoms with Crippen molar-refractivity contribution in [3.63, 3.8) is 0 Å². The minimum atomic E-state index is -0.463. The molecule has 0 radical (unpaired) electrons. The third-order valence-electron chi connectivity index (χ3n) is 6.40. The van der Waals surface area contributed by atoms with Crippen LogP contribution in [-0.4, -0.2) is 36.4 Å². The predicted octanol–water partition coefficient (Wildman–Crippen LogP) is 5.18. The van der Waals surface area contributed by atoms with E-state index in [-0.39, 0.29) is 23.5 Å². The Labute approximate surface area is 203 Å². The van der Waals surface area contributed by atoms with E-state index in [1.165, 1.54) is 12.1 Å². The fraction of sp³-hybridized carbons (Fsp3) is 0.259. The Hall–Kier alpha value is -4.20. The van der Waals surface area contributed by atoms with Crippen LogP contribution in [0.25, 0.3) is 0 Å². The summed E-state index contributed by atoms with van der Waals surface area (Å²) in [6.45, 7) is 4.23. The SMILES string of the molecule is CCN(C(=O)[C@@H]1C[C@@H](C)N(C(=O)c2ccc(OC)cc2)c2ccccc21)c1ccc([N+](=O)[O-])cc1. The van der Waals surface area contributed by atoms with Crippen molar-refractivity contribution in [3.05, 3.63) is 94.0 Å². The Kier molecular flexibility index (Phi) is 6.82. The fourth-order valence-electron chi connectivity index (χ4n) is 4.64. The first-order chi connectivity index (χ1) is 16.8. The molecule has 3 aromatic rings. The van der Waals surface area contributed by atoms with Crippen LogP contribution < -0.4 is 14.5 Å². The van der Waals surface area contributed by atoms with Gasteiger partial charge >= 0.3 is 0 Å². The van der Waals surface area contributed by atoms with Crippen LogP contribution in [0.15, 0.2) is 72.8 Å². The Morgan fingerprint density at radius 2 is 1.71 bits per heavy atom. The van der Waals surface area contributed by atoms with E-state index >= 15 is 0 Å². The highest BCUT2D eigenvalue weighted by Gasteiger charge is 2.38. The number of nitro benzene ring substituents is 1. The third kappa shape index (κ3) is 4.59. The standard InChI is InChI=1S/C27H27N3O5/c1-4-28(20-11-13-21(14-12-20)30(33)34)27(32)24-17-18(2)29(25-8-6-5-7-23(24)25)26(31)19-9-15-22(35-3)16-10-19/h5-16,18,24H,4,17H2,1-3H3/t18-,24-/m1/s1. The van der Waals surface area contributed by atoms with Crippen molar-refractivity contribution in [2.45, 2.75) is 32.2 Å². The minimum Gasteiger partial charge on any atom is -0.497 e. The van der Waals surface area contributed by atoms with Crippen LogP contribution in [-0.2, 0) is 4.79 Å². The molecule has 35 heavy (non-hydrogen) atoms. The monoisotopic (exact) mass is 473 g/mol. The van der Waals surface area contributed by atoms with Crippen LogP contribution in [0.1, 0.15) is 42.1 Å². The van der Waals surface area contributed by atoms with E-state index in [1.54, 1.807) is 53.3 Å². The molecule has 0 aliphatic carbocycles. The summed E-state index contributed by atoms with van der Waals surface area (Å²) in [6.07, 6.45) is 0.460. The Balaban J connectivity index is 1.66. The number of non-ortho nitro benzene ring substituents is 1. The third-order valence-corrected chi connectivity index (χ3v) is 6.40. The molecule has 0 saturated carbocycles. The maximum atomic E-state index is 13.7. The summed E-state index contributed by atoms with van der Waals surface area (Å²) < 4.78 is 5.20. The highest BCUT2D eigenvalue weighted by molar-refractivity contribution is 6.09. The molecule has 1 aliphatic rings. The molecule has 4 rings (SSSR count). The number of nitro groups is 1. The zero-order valence-electron chi connectivity index (χ0n) is 19.9. The summed E-state index contributed by atoms with van der Waals surface area (Å²) in [5.74, 6) is -0.0140. The summed E-state index contributed by atoms with van der Waals surface area (Å²) in [6, 6.07) is 20.2. The molecule has 1 heterocycles. The van der Waals surface area contributed by atoms with Crippen molar-refractivity contribution in [2.24, 2.45) is 0 Å². The van der Waals surface area contributed by atoms with Gasteiger partial charge in [-0.25, -0.2) is 0 Å². The average molecular weight is 474 g/mol. The van der Waals surface area contributed by atoms with Gasteiger partial charge in [0, 0.05) is 41.7 Å². The van der Waals surface area contributed by atoms with Crippen molar-refractivity contribution in [3.8, 4) is 5.75 Å². The lowest BCUT2D eigenvalue weighted by atomic mass is 9.84. The molecule has 8 nitrogen and oxygen atoms in total. The number of amides is 2. The molecule has 0 aromatic heterocycles. The second-order valence-electron chi connectivity index (χ2n) is 8.46. The number of carbonyl (C=O) groups is 2. The number of para-hydroxylation sites is 1. The van der Waals surface area contributed by atoms with E-state index in [2.05, 4.69) is 0 Å². The number of ether oxygens (including phenoxy) is 1. The lowest BCUT2D eigenvalue weighted by molar-refractivity contribution is -0.384. The van der Waals surface area contributed by atoms with Crippen LogP contribution in [0.2, 0.25) is 0 Å². The molecule has 2 amide bonds. The van der Waals surface area contributed by atoms with Gasteiger partial charge < -0.3 is 14.5 Å². The van der Waals surface area contributed by atoms with Crippen molar-refractivity contribution in [1.29, 1.82) is 0 Å². The van der Waals surface area contributed by atoms with E-state index in [4.69, 9.17) is 4.74 Å². The number of fused-ring (bicyclic) bond motifs is 1. The van der Waals surface area contributed by atoms with E-state index in [9.17, 15) is 19.7 Å². The van der Waals surface area contributed by atoms with Crippen LogP contribution in [0, 0.1) is 10.1 Å². The molecule has 0 bridgehead atoms. The summed E-state index contributed by atoms with van der Waals surface area (Å²) >= 11 is 0. The first kappa shape index (κ1) is 23.9. The van der Waals surface area contributed by atoms with Gasteiger partial charge in [0.15, 0.2) is 0 Å². The van der Waals surface area contributed by atoms with Gasteiger partial charge in [-0.3, -0.25) is 19.7 Å². The van der Waals surface area contributed by atoms with Gasteiger partial charge in [-0.2, -0.15) is 0 Å². The van der Waals surface area contributed by atoms with Gasteiger partial charge in [0.1, 0.15) is 5.75 Å². The largest absolute Gasteiger partial charge is 0.497 e. The molecule has 2 atom stereocenters. The van der Waals surface area contributed by atoms with Crippen molar-refractivity contribution < 1.29 is 19.2 Å². The summed E-state index contributed by atoms with van der Waals surface area (Å²) in [7, 11) is 1.58. The second-order valence-corrected chi connectivity index (χ2v) is 8.46. The van der Waals surface area contributed by atoms with Gasteiger partial charge in [0.25, 0.3) is 11.6 Å². The minimum absolute atomic E-state index is 0.0263. The van der Waals surface area contributed by atoms with Crippen molar-refractivity contribution in [2.75, 3.05) is 23.5 Å².